The van der Waals surface area contributed by atoms with E-state index in [9.17, 15) is 0 Å². The van der Waals surface area contributed by atoms with E-state index < -0.39 is 0 Å². The average molecular weight is 212 g/mol. The molecule has 0 aromatic carbocycles. The molecule has 78 valence electrons. The normalized spacial score (nSPS) is 23.1. The lowest BCUT2D eigenvalue weighted by Gasteiger charge is -2.21. The first kappa shape index (κ1) is 10.1. The Balaban J connectivity index is 1.96. The molecule has 1 N–H and O–H groups in total. The van der Waals surface area contributed by atoms with E-state index in [4.69, 9.17) is 5.11 Å². The first-order valence-electron chi connectivity index (χ1n) is 5.05. The maximum absolute atomic E-state index is 9.16. The molecule has 2 heterocycles. The molecule has 2 rings (SSSR count). The van der Waals surface area contributed by atoms with Crippen molar-refractivity contribution in [3.8, 4) is 0 Å². The van der Waals surface area contributed by atoms with Gasteiger partial charge in [-0.3, -0.25) is 4.90 Å². The fraction of sp³-hybridized carbons (Fsp3) is 0.700. The van der Waals surface area contributed by atoms with Crippen LogP contribution >= 0.6 is 11.3 Å². The quantitative estimate of drug-likeness (QED) is 0.823. The summed E-state index contributed by atoms with van der Waals surface area (Å²) in [5.74, 6) is 0. The number of hydrogen-bond donors (Lipinski definition) is 1. The van der Waals surface area contributed by atoms with Crippen LogP contribution in [0, 0.1) is 6.92 Å². The SMILES string of the molecule is Cc1nc(CN2CCC[C@H]2CO)cs1. The summed E-state index contributed by atoms with van der Waals surface area (Å²) >= 11 is 1.70. The molecule has 0 spiro atoms. The Bertz CT molecular complexity index is 300. The van der Waals surface area contributed by atoms with Crippen LogP contribution in [-0.4, -0.2) is 34.2 Å². The molecule has 0 saturated carbocycles. The number of hydrogen-bond acceptors (Lipinski definition) is 4. The number of aryl methyl sites for hydroxylation is 1. The third-order valence-corrected chi connectivity index (χ3v) is 3.56. The van der Waals surface area contributed by atoms with Gasteiger partial charge in [-0.1, -0.05) is 0 Å². The van der Waals surface area contributed by atoms with E-state index in [-0.39, 0.29) is 6.61 Å². The number of aromatic nitrogens is 1. The van der Waals surface area contributed by atoms with Gasteiger partial charge in [0.05, 0.1) is 17.3 Å². The Hall–Kier alpha value is -0.450. The van der Waals surface area contributed by atoms with Gasteiger partial charge in [-0.25, -0.2) is 4.98 Å². The molecule has 1 aliphatic rings. The van der Waals surface area contributed by atoms with E-state index >= 15 is 0 Å². The zero-order valence-corrected chi connectivity index (χ0v) is 9.26. The molecule has 3 nitrogen and oxygen atoms in total. The summed E-state index contributed by atoms with van der Waals surface area (Å²) in [6, 6.07) is 0.358. The molecule has 1 aromatic rings. The average Bonchev–Trinajstić information content (AvgIpc) is 2.76. The molecular weight excluding hydrogens is 196 g/mol. The smallest absolute Gasteiger partial charge is 0.0897 e. The van der Waals surface area contributed by atoms with Crippen LogP contribution in [0.15, 0.2) is 5.38 Å². The minimum absolute atomic E-state index is 0.281. The van der Waals surface area contributed by atoms with Crippen molar-refractivity contribution in [2.45, 2.75) is 32.4 Å². The third-order valence-electron chi connectivity index (χ3n) is 2.74. The highest BCUT2D eigenvalue weighted by atomic mass is 32.1. The molecule has 1 aromatic heterocycles. The lowest BCUT2D eigenvalue weighted by atomic mass is 10.2. The molecule has 0 amide bonds. The standard InChI is InChI=1S/C10H16N2OS/c1-8-11-9(7-14-8)5-12-4-2-3-10(12)6-13/h7,10,13H,2-6H2,1H3/t10-/m0/s1. The predicted molar refractivity (Wildman–Crippen MR) is 57.4 cm³/mol. The molecule has 14 heavy (non-hydrogen) atoms. The van der Waals surface area contributed by atoms with Gasteiger partial charge >= 0.3 is 0 Å². The van der Waals surface area contributed by atoms with Gasteiger partial charge in [0.25, 0.3) is 0 Å². The second-order valence-electron chi connectivity index (χ2n) is 3.81. The molecule has 0 radical (unpaired) electrons. The third kappa shape index (κ3) is 2.13. The Morgan fingerprint density at radius 3 is 3.21 bits per heavy atom. The molecule has 0 bridgehead atoms. The van der Waals surface area contributed by atoms with Gasteiger partial charge in [0.1, 0.15) is 0 Å². The van der Waals surface area contributed by atoms with Crippen LogP contribution in [0.5, 0.6) is 0 Å². The molecule has 1 aliphatic heterocycles. The van der Waals surface area contributed by atoms with Crippen molar-refractivity contribution < 1.29 is 5.11 Å². The van der Waals surface area contributed by atoms with Crippen molar-refractivity contribution in [2.75, 3.05) is 13.2 Å². The highest BCUT2D eigenvalue weighted by molar-refractivity contribution is 7.09. The molecular formula is C10H16N2OS. The van der Waals surface area contributed by atoms with Crippen molar-refractivity contribution in [1.82, 2.24) is 9.88 Å². The van der Waals surface area contributed by atoms with Gasteiger partial charge in [-0.15, -0.1) is 11.3 Å². The van der Waals surface area contributed by atoms with Crippen molar-refractivity contribution >= 4 is 11.3 Å². The second kappa shape index (κ2) is 4.38. The largest absolute Gasteiger partial charge is 0.395 e. The van der Waals surface area contributed by atoms with Gasteiger partial charge in [-0.05, 0) is 26.3 Å². The summed E-state index contributed by atoms with van der Waals surface area (Å²) in [6.45, 7) is 4.31. The summed E-state index contributed by atoms with van der Waals surface area (Å²) in [7, 11) is 0. The van der Waals surface area contributed by atoms with Gasteiger partial charge < -0.3 is 5.11 Å². The Kier molecular flexibility index (Phi) is 3.15. The maximum atomic E-state index is 9.16. The fourth-order valence-electron chi connectivity index (χ4n) is 2.00. The van der Waals surface area contributed by atoms with Crippen LogP contribution in [0.4, 0.5) is 0 Å². The van der Waals surface area contributed by atoms with E-state index in [1.165, 1.54) is 6.42 Å². The number of thiazole rings is 1. The lowest BCUT2D eigenvalue weighted by Crippen LogP contribution is -2.31. The zero-order valence-electron chi connectivity index (χ0n) is 8.44. The van der Waals surface area contributed by atoms with Crippen LogP contribution in [0.25, 0.3) is 0 Å². The van der Waals surface area contributed by atoms with Crippen LogP contribution in [0.2, 0.25) is 0 Å². The van der Waals surface area contributed by atoms with Crippen LogP contribution in [0.1, 0.15) is 23.5 Å². The van der Waals surface area contributed by atoms with Crippen LogP contribution < -0.4 is 0 Å². The Morgan fingerprint density at radius 1 is 1.71 bits per heavy atom. The number of nitrogens with zero attached hydrogens (tertiary/aromatic N) is 2. The molecule has 1 atom stereocenters. The van der Waals surface area contributed by atoms with Gasteiger partial charge in [-0.2, -0.15) is 0 Å². The number of rotatable bonds is 3. The van der Waals surface area contributed by atoms with E-state index in [1.807, 2.05) is 6.92 Å². The minimum Gasteiger partial charge on any atom is -0.395 e. The lowest BCUT2D eigenvalue weighted by molar-refractivity contribution is 0.152. The topological polar surface area (TPSA) is 36.4 Å². The molecule has 0 aliphatic carbocycles. The highest BCUT2D eigenvalue weighted by Crippen LogP contribution is 2.20. The zero-order chi connectivity index (χ0) is 9.97. The summed E-state index contributed by atoms with van der Waals surface area (Å²) in [4.78, 5) is 6.77. The number of aliphatic hydroxyl groups excluding tert-OH is 1. The number of likely N-dealkylation sites (tertiary alicyclic amines) is 1. The molecule has 1 saturated heterocycles. The van der Waals surface area contributed by atoms with E-state index in [0.717, 1.165) is 30.2 Å². The molecule has 0 unspecified atom stereocenters. The van der Waals surface area contributed by atoms with Gasteiger partial charge in [0.2, 0.25) is 0 Å². The molecule has 4 heteroatoms. The monoisotopic (exact) mass is 212 g/mol. The van der Waals surface area contributed by atoms with Crippen LogP contribution in [0.3, 0.4) is 0 Å². The molecule has 1 fully saturated rings. The fourth-order valence-corrected chi connectivity index (χ4v) is 2.60. The summed E-state index contributed by atoms with van der Waals surface area (Å²) < 4.78 is 0. The first-order chi connectivity index (χ1) is 6.79. The minimum atomic E-state index is 0.281. The first-order valence-corrected chi connectivity index (χ1v) is 5.93. The number of aliphatic hydroxyl groups is 1. The maximum Gasteiger partial charge on any atom is 0.0897 e. The predicted octanol–water partition coefficient (Wildman–Crippen LogP) is 1.41. The Morgan fingerprint density at radius 2 is 2.57 bits per heavy atom. The van der Waals surface area contributed by atoms with E-state index in [1.54, 1.807) is 11.3 Å². The Labute approximate surface area is 88.4 Å². The van der Waals surface area contributed by atoms with Gasteiger partial charge in [0, 0.05) is 18.0 Å². The summed E-state index contributed by atoms with van der Waals surface area (Å²) in [5.41, 5.74) is 1.15. The second-order valence-corrected chi connectivity index (χ2v) is 4.87. The van der Waals surface area contributed by atoms with Crippen molar-refractivity contribution in [3.05, 3.63) is 16.1 Å². The summed E-state index contributed by atoms with van der Waals surface area (Å²) in [6.07, 6.45) is 2.33. The van der Waals surface area contributed by atoms with E-state index in [2.05, 4.69) is 15.3 Å². The van der Waals surface area contributed by atoms with Crippen molar-refractivity contribution in [2.24, 2.45) is 0 Å². The van der Waals surface area contributed by atoms with Crippen LogP contribution in [-0.2, 0) is 6.54 Å². The van der Waals surface area contributed by atoms with Crippen molar-refractivity contribution in [3.63, 3.8) is 0 Å². The van der Waals surface area contributed by atoms with E-state index in [0.29, 0.717) is 6.04 Å². The van der Waals surface area contributed by atoms with Gasteiger partial charge in [0.15, 0.2) is 0 Å². The summed E-state index contributed by atoms with van der Waals surface area (Å²) in [5, 5.41) is 12.4. The van der Waals surface area contributed by atoms with Crippen molar-refractivity contribution in [1.29, 1.82) is 0 Å². The highest BCUT2D eigenvalue weighted by Gasteiger charge is 2.23.